The van der Waals surface area contributed by atoms with Gasteiger partial charge in [0.05, 0.1) is 40.2 Å². The fourth-order valence-corrected chi connectivity index (χ4v) is 5.04. The number of ether oxygens (including phenoxy) is 2. The molecule has 0 radical (unpaired) electrons. The molecule has 1 N–H and O–H groups in total. The van der Waals surface area contributed by atoms with Crippen LogP contribution in [0.4, 0.5) is 17.6 Å². The molecule has 2 aromatic carbocycles. The molecule has 0 aliphatic heterocycles. The Kier molecular flexibility index (Phi) is 7.41. The maximum atomic E-state index is 13.2. The van der Waals surface area contributed by atoms with E-state index in [2.05, 4.69) is 14.6 Å². The molecule has 192 valence electrons. The Morgan fingerprint density at radius 3 is 2.42 bits per heavy atom. The van der Waals surface area contributed by atoms with Gasteiger partial charge in [0.25, 0.3) is 0 Å². The molecule has 13 heteroatoms. The number of fused-ring (bicyclic) bond motifs is 1. The van der Waals surface area contributed by atoms with Crippen LogP contribution in [0.1, 0.15) is 6.92 Å². The Morgan fingerprint density at radius 1 is 1.11 bits per heavy atom. The minimum Gasteiger partial charge on any atom is -0.406 e. The minimum absolute atomic E-state index is 0.0336. The highest BCUT2D eigenvalue weighted by atomic mass is 35.5. The molecule has 1 heterocycles. The lowest BCUT2D eigenvalue weighted by Crippen LogP contribution is -2.41. The van der Waals surface area contributed by atoms with Crippen LogP contribution in [0, 0.1) is 5.82 Å². The van der Waals surface area contributed by atoms with Crippen LogP contribution in [0.25, 0.3) is 17.8 Å². The van der Waals surface area contributed by atoms with Crippen molar-refractivity contribution in [3.63, 3.8) is 0 Å². The number of alkyl halides is 4. The van der Waals surface area contributed by atoms with E-state index in [-0.39, 0.29) is 17.3 Å². The van der Waals surface area contributed by atoms with E-state index in [4.69, 9.17) is 16.3 Å². The quantitative estimate of drug-likeness (QED) is 0.348. The third-order valence-corrected chi connectivity index (χ3v) is 7.12. The Balaban J connectivity index is 1.39. The van der Waals surface area contributed by atoms with E-state index in [9.17, 15) is 26.0 Å². The summed E-state index contributed by atoms with van der Waals surface area (Å²) in [7, 11) is -4.02. The Bertz CT molecular complexity index is 1440. The number of halogens is 5. The van der Waals surface area contributed by atoms with Gasteiger partial charge in [-0.25, -0.2) is 22.2 Å². The van der Waals surface area contributed by atoms with Gasteiger partial charge in [-0.2, -0.15) is 5.10 Å². The first-order valence-electron chi connectivity index (χ1n) is 10.6. The zero-order valence-corrected chi connectivity index (χ0v) is 20.2. The number of hydrogen-bond acceptors (Lipinski definition) is 5. The van der Waals surface area contributed by atoms with E-state index in [1.807, 2.05) is 0 Å². The van der Waals surface area contributed by atoms with E-state index in [1.165, 1.54) is 12.1 Å². The normalized spacial score (nSPS) is 18.6. The summed E-state index contributed by atoms with van der Waals surface area (Å²) in [4.78, 5) is -0.227. The fourth-order valence-electron chi connectivity index (χ4n) is 3.55. The second kappa shape index (κ2) is 10.2. The summed E-state index contributed by atoms with van der Waals surface area (Å²) in [5, 5.41) is 5.20. The summed E-state index contributed by atoms with van der Waals surface area (Å²) >= 11 is 6.48. The number of nitrogens with zero attached hydrogens (tertiary/aromatic N) is 2. The molecular formula is C23H20ClF4N3O4S. The van der Waals surface area contributed by atoms with Crippen molar-refractivity contribution in [3.8, 4) is 11.4 Å². The first-order valence-corrected chi connectivity index (χ1v) is 12.5. The number of nitrogens with one attached hydrogen (secondary N) is 1. The molecular weight excluding hydrogens is 526 g/mol. The maximum Gasteiger partial charge on any atom is 0.573 e. The number of rotatable bonds is 8. The van der Waals surface area contributed by atoms with Crippen molar-refractivity contribution in [1.29, 1.82) is 0 Å². The van der Waals surface area contributed by atoms with Crippen molar-refractivity contribution >= 4 is 33.8 Å². The molecule has 1 aliphatic rings. The van der Waals surface area contributed by atoms with Crippen molar-refractivity contribution in [2.45, 2.75) is 35.7 Å². The van der Waals surface area contributed by atoms with Gasteiger partial charge >= 0.3 is 6.36 Å². The molecule has 0 fully saturated rings. The lowest BCUT2D eigenvalue weighted by Gasteiger charge is -2.22. The van der Waals surface area contributed by atoms with Gasteiger partial charge in [-0.05, 0) is 67.6 Å². The average molecular weight is 546 g/mol. The number of hydrogen-bond donors (Lipinski definition) is 1. The lowest BCUT2D eigenvalue weighted by molar-refractivity contribution is -0.274. The summed E-state index contributed by atoms with van der Waals surface area (Å²) in [5.41, 5.74) is 0.659. The Labute approximate surface area is 208 Å². The monoisotopic (exact) mass is 545 g/mol. The molecule has 1 aliphatic carbocycles. The van der Waals surface area contributed by atoms with Gasteiger partial charge in [0.1, 0.15) is 11.6 Å². The highest BCUT2D eigenvalue weighted by molar-refractivity contribution is 7.89. The molecule has 0 spiro atoms. The van der Waals surface area contributed by atoms with Crippen molar-refractivity contribution in [3.05, 3.63) is 71.1 Å². The molecule has 3 aromatic rings. The molecule has 0 saturated carbocycles. The van der Waals surface area contributed by atoms with Gasteiger partial charge < -0.3 is 9.47 Å². The van der Waals surface area contributed by atoms with Gasteiger partial charge in [0.15, 0.2) is 0 Å². The van der Waals surface area contributed by atoms with Crippen LogP contribution in [0.2, 0.25) is 0 Å². The fraction of sp³-hybridized carbons (Fsp3) is 0.261. The predicted molar refractivity (Wildman–Crippen MR) is 124 cm³/mol. The largest absolute Gasteiger partial charge is 0.573 e. The van der Waals surface area contributed by atoms with Crippen molar-refractivity contribution < 1.29 is 35.5 Å². The van der Waals surface area contributed by atoms with Crippen LogP contribution in [0.15, 0.2) is 59.6 Å². The van der Waals surface area contributed by atoms with E-state index in [1.54, 1.807) is 42.1 Å². The molecule has 3 atom stereocenters. The Hall–Kier alpha value is -2.93. The lowest BCUT2D eigenvalue weighted by atomic mass is 10.1. The highest BCUT2D eigenvalue weighted by Crippen LogP contribution is 2.24. The summed E-state index contributed by atoms with van der Waals surface area (Å²) in [6.45, 7) is 1.54. The third-order valence-electron chi connectivity index (χ3n) is 5.14. The second-order valence-corrected chi connectivity index (χ2v) is 10.2. The summed E-state index contributed by atoms with van der Waals surface area (Å²) in [6.07, 6.45) is -0.320. The van der Waals surface area contributed by atoms with Crippen molar-refractivity contribution in [2.24, 2.45) is 0 Å². The molecule has 4 rings (SSSR count). The molecule has 36 heavy (non-hydrogen) atoms. The predicted octanol–water partition coefficient (Wildman–Crippen LogP) is 2.84. The van der Waals surface area contributed by atoms with Crippen LogP contribution >= 0.6 is 11.6 Å². The molecule has 2 unspecified atom stereocenters. The maximum absolute atomic E-state index is 13.2. The van der Waals surface area contributed by atoms with Crippen molar-refractivity contribution in [1.82, 2.24) is 14.5 Å². The second-order valence-electron chi connectivity index (χ2n) is 7.99. The van der Waals surface area contributed by atoms with Gasteiger partial charge in [-0.1, -0.05) is 0 Å². The smallest absolute Gasteiger partial charge is 0.406 e. The molecule has 0 amide bonds. The number of benzene rings is 2. The van der Waals surface area contributed by atoms with Crippen LogP contribution in [-0.4, -0.2) is 48.7 Å². The third kappa shape index (κ3) is 6.25. The zero-order chi connectivity index (χ0) is 26.1. The molecule has 1 aromatic heterocycles. The average Bonchev–Trinajstić information content (AvgIpc) is 3.19. The first kappa shape index (κ1) is 26.1. The van der Waals surface area contributed by atoms with Gasteiger partial charge in [-0.15, -0.1) is 24.8 Å². The van der Waals surface area contributed by atoms with Crippen LogP contribution in [-0.2, 0) is 14.8 Å². The van der Waals surface area contributed by atoms with Gasteiger partial charge in [0.2, 0.25) is 10.0 Å². The highest BCUT2D eigenvalue weighted by Gasteiger charge is 2.31. The topological polar surface area (TPSA) is 82.5 Å². The van der Waals surface area contributed by atoms with Crippen LogP contribution in [0.3, 0.4) is 0 Å². The standard InChI is InChI=1S/C23H20ClF4N3O4S/c1-14(30-36(32,33)19-8-6-18(7-9-19)35-23(26,27)28)13-34-22-10-15-12-29-31(21(15)11-20(22)24)17-4-2-16(25)3-5-17/h2-12,14,20,22,30H,13H2,1H3/t14-,20?,22?/m0/s1. The summed E-state index contributed by atoms with van der Waals surface area (Å²) < 4.78 is 88.9. The van der Waals surface area contributed by atoms with E-state index in [0.717, 1.165) is 29.5 Å². The van der Waals surface area contributed by atoms with E-state index in [0.29, 0.717) is 11.0 Å². The van der Waals surface area contributed by atoms with E-state index < -0.39 is 39.7 Å². The minimum atomic E-state index is -4.88. The van der Waals surface area contributed by atoms with E-state index >= 15 is 0 Å². The zero-order valence-electron chi connectivity index (χ0n) is 18.6. The van der Waals surface area contributed by atoms with Gasteiger partial charge in [0, 0.05) is 11.3 Å². The van der Waals surface area contributed by atoms with Crippen LogP contribution < -0.4 is 20.0 Å². The number of aromatic nitrogens is 2. The summed E-state index contributed by atoms with van der Waals surface area (Å²) in [6, 6.07) is 9.00. The summed E-state index contributed by atoms with van der Waals surface area (Å²) in [5.74, 6) is -0.895. The number of sulfonamides is 1. The first-order chi connectivity index (χ1) is 16.9. The molecule has 7 nitrogen and oxygen atoms in total. The molecule has 0 saturated heterocycles. The van der Waals surface area contributed by atoms with Crippen molar-refractivity contribution in [2.75, 3.05) is 6.61 Å². The Morgan fingerprint density at radius 2 is 1.78 bits per heavy atom. The van der Waals surface area contributed by atoms with Gasteiger partial charge in [-0.3, -0.25) is 0 Å². The molecule has 0 bridgehead atoms. The SMILES string of the molecule is C[C@@H](COC1C=c2cnn(-c3ccc(F)cc3)c2=CC1Cl)NS(=O)(=O)c1ccc(OC(F)(F)F)cc1. The van der Waals surface area contributed by atoms with Crippen LogP contribution in [0.5, 0.6) is 5.75 Å².